The fourth-order valence-electron chi connectivity index (χ4n) is 28.1. The van der Waals surface area contributed by atoms with Gasteiger partial charge in [-0.1, -0.05) is 364 Å². The fourth-order valence-corrected chi connectivity index (χ4v) is 28.1. The van der Waals surface area contributed by atoms with Crippen molar-refractivity contribution in [2.45, 2.75) is 51.4 Å². The lowest BCUT2D eigenvalue weighted by Gasteiger charge is -2.22. The Labute approximate surface area is 855 Å². The molecule has 0 saturated heterocycles. The van der Waals surface area contributed by atoms with Crippen LogP contribution in [0.1, 0.15) is 89.0 Å². The highest BCUT2D eigenvalue weighted by molar-refractivity contribution is 6.20. The molecule has 0 aliphatic heterocycles. The Morgan fingerprint density at radius 3 is 0.824 bits per heavy atom. The second-order valence-electron chi connectivity index (χ2n) is 42.2. The zero-order valence-electron chi connectivity index (χ0n) is 81.3. The second-order valence-corrected chi connectivity index (χ2v) is 42.2. The largest absolute Gasteiger partial charge is 0.309 e. The van der Waals surface area contributed by atoms with E-state index < -0.39 is 0 Å². The van der Waals surface area contributed by atoms with E-state index in [1.54, 1.807) is 0 Å². The van der Waals surface area contributed by atoms with Gasteiger partial charge in [0.05, 0.1) is 44.1 Å². The van der Waals surface area contributed by atoms with E-state index in [0.29, 0.717) is 0 Å². The van der Waals surface area contributed by atoms with Crippen molar-refractivity contribution in [1.82, 2.24) is 18.3 Å². The second kappa shape index (κ2) is 31.5. The molecule has 0 amide bonds. The van der Waals surface area contributed by atoms with E-state index in [1.807, 2.05) is 0 Å². The van der Waals surface area contributed by atoms with Crippen LogP contribution < -0.4 is 0 Å². The Balaban J connectivity index is 0.0000000859. The van der Waals surface area contributed by atoms with Gasteiger partial charge in [0, 0.05) is 77.8 Å². The maximum Gasteiger partial charge on any atom is 0.0622 e. The molecule has 688 valence electrons. The van der Waals surface area contributed by atoms with Crippen molar-refractivity contribution < 1.29 is 0 Å². The minimum Gasteiger partial charge on any atom is -0.309 e. The standard InChI is InChI=1S/4C36H23N/c1-4-13-28-22(8-1)18-24-10-7-11-25-19-26(21-32(28)35(24)25)37-34-15-6-5-14-30(34)31-17-16-29-27-12-3-2-9-23(27)20-33(29)36(31)37;1-3-12-28-23(9-1)17-26-19-35-32(21-31(26)28)30-14-5-6-15-34(30)37(35)27-18-25-11-7-10-24-16-22-8-2-4-13-29(22)33(20-27)36(24)25;1-3-12-28-23(9-1)17-26-19-32-30-14-5-6-15-34(30)37(35(32)21-31(26)28)27-18-25-11-7-10-24-16-22-8-2-4-13-29(22)33(20-27)36(24)25;1-3-12-28-22(8-1)18-24-10-7-11-25-20-27(21-32(28)34(24)25)37-33-15-6-5-14-30(33)31-17-16-26-19-23-9-2-4-13-29(23)35(26)36(31)37/h1-17,19,21H,18,20H2;2*1-15,18-21H,16-17H2;1-17,20-21H,18-19H2. The molecule has 4 aromatic heterocycles. The molecule has 0 bridgehead atoms. The number of para-hydroxylation sites is 4. The summed E-state index contributed by atoms with van der Waals surface area (Å²) in [5.74, 6) is 0. The van der Waals surface area contributed by atoms with Crippen LogP contribution in [0.15, 0.2) is 461 Å². The first kappa shape index (κ1) is 82.0. The number of aromatic nitrogens is 4. The van der Waals surface area contributed by atoms with Gasteiger partial charge in [-0.25, -0.2) is 0 Å². The van der Waals surface area contributed by atoms with Gasteiger partial charge in [-0.2, -0.15) is 0 Å². The average Bonchev–Trinajstić information content (AvgIpc) is 1.56. The molecule has 0 fully saturated rings. The van der Waals surface area contributed by atoms with E-state index in [-0.39, 0.29) is 0 Å². The monoisotopic (exact) mass is 1880 g/mol. The van der Waals surface area contributed by atoms with Gasteiger partial charge >= 0.3 is 0 Å². The first-order valence-electron chi connectivity index (χ1n) is 52.5. The van der Waals surface area contributed by atoms with Gasteiger partial charge in [-0.3, -0.25) is 0 Å². The number of nitrogens with zero attached hydrogens (tertiary/aromatic N) is 4. The minimum atomic E-state index is 0.979. The number of benzene rings is 24. The summed E-state index contributed by atoms with van der Waals surface area (Å²) in [5, 5.41) is 21.5. The smallest absolute Gasteiger partial charge is 0.0622 e. The van der Waals surface area contributed by atoms with Crippen molar-refractivity contribution in [3.63, 3.8) is 0 Å². The maximum absolute atomic E-state index is 2.54. The summed E-state index contributed by atoms with van der Waals surface area (Å²) in [6.07, 6.45) is 8.00. The first-order chi connectivity index (χ1) is 73.4. The molecular weight excluding hydrogens is 1790 g/mol. The summed E-state index contributed by atoms with van der Waals surface area (Å²) in [6.45, 7) is 0. The van der Waals surface area contributed by atoms with Crippen LogP contribution in [-0.2, 0) is 51.4 Å². The van der Waals surface area contributed by atoms with Gasteiger partial charge in [-0.15, -0.1) is 0 Å². The Morgan fingerprint density at radius 1 is 0.128 bits per heavy atom. The summed E-state index contributed by atoms with van der Waals surface area (Å²) in [6, 6.07) is 172. The molecule has 0 saturated carbocycles. The van der Waals surface area contributed by atoms with Crippen molar-refractivity contribution in [2.24, 2.45) is 0 Å². The molecule has 24 aromatic carbocycles. The quantitative estimate of drug-likeness (QED) is 0.167. The van der Waals surface area contributed by atoms with Crippen LogP contribution in [0.5, 0.6) is 0 Å². The third kappa shape index (κ3) is 12.1. The zero-order valence-corrected chi connectivity index (χ0v) is 81.3. The summed E-state index contributed by atoms with van der Waals surface area (Å²) < 4.78 is 10.1. The van der Waals surface area contributed by atoms with E-state index in [0.717, 1.165) is 51.4 Å². The number of hydrogen-bond donors (Lipinski definition) is 0. The zero-order chi connectivity index (χ0) is 96.3. The Bertz CT molecular complexity index is 10800. The Hall–Kier alpha value is -18.5. The van der Waals surface area contributed by atoms with Crippen LogP contribution in [0.2, 0.25) is 0 Å². The van der Waals surface area contributed by atoms with Crippen molar-refractivity contribution in [3.8, 4) is 112 Å². The third-order valence-electron chi connectivity index (χ3n) is 34.4. The van der Waals surface area contributed by atoms with Gasteiger partial charge in [0.1, 0.15) is 0 Å². The van der Waals surface area contributed by atoms with Crippen LogP contribution in [0.4, 0.5) is 0 Å². The van der Waals surface area contributed by atoms with E-state index in [1.165, 1.54) is 331 Å². The summed E-state index contributed by atoms with van der Waals surface area (Å²) >= 11 is 0. The van der Waals surface area contributed by atoms with Gasteiger partial charge in [-0.05, 0) is 358 Å². The molecule has 4 heteroatoms. The van der Waals surface area contributed by atoms with E-state index in [9.17, 15) is 0 Å². The molecule has 4 heterocycles. The van der Waals surface area contributed by atoms with Crippen molar-refractivity contribution in [2.75, 3.05) is 0 Å². The SMILES string of the molecule is c1ccc2c(c1)Cc1c-2ccc2c3ccccc3n(-c3cc4c5c(cccc5c3)Cc3ccccc3-4)c12.c1ccc2c(c1)Cc1cc3c(cc1-2)c1ccccc1n3-c1cc2c3c(cccc3c1)Cc1ccccc1-2.c1ccc2c(c1)Cc1cc3c4ccccc4n(-c4cc5c6c(cccc6c4)Cc4ccccc4-5)c3cc1-2.c1ccc2c(c1)Cc1cccc3cc(-n4c5ccccc5c5ccc6c(c54)-c4ccccc4C6)cc-2c13. The molecule has 0 atom stereocenters. The molecule has 28 aromatic rings. The van der Waals surface area contributed by atoms with E-state index >= 15 is 0 Å². The number of rotatable bonds is 4. The maximum atomic E-state index is 2.54. The summed E-state index contributed by atoms with van der Waals surface area (Å²) in [4.78, 5) is 0. The molecule has 4 nitrogen and oxygen atoms in total. The molecular formula is C144H92N4. The molecule has 36 rings (SSSR count). The van der Waals surface area contributed by atoms with Gasteiger partial charge < -0.3 is 18.3 Å². The van der Waals surface area contributed by atoms with E-state index in [2.05, 4.69) is 479 Å². The topological polar surface area (TPSA) is 19.7 Å². The van der Waals surface area contributed by atoms with Gasteiger partial charge in [0.25, 0.3) is 0 Å². The average molecular weight is 1880 g/mol. The summed E-state index contributed by atoms with van der Waals surface area (Å²) in [5.41, 5.74) is 60.0. The highest BCUT2D eigenvalue weighted by Gasteiger charge is 2.34. The normalized spacial score (nSPS) is 13.2. The van der Waals surface area contributed by atoms with Gasteiger partial charge in [0.2, 0.25) is 0 Å². The lowest BCUT2D eigenvalue weighted by molar-refractivity contribution is 1.15. The van der Waals surface area contributed by atoms with Crippen LogP contribution in [0, 0.1) is 0 Å². The van der Waals surface area contributed by atoms with Crippen molar-refractivity contribution in [1.29, 1.82) is 0 Å². The fraction of sp³-hybridized carbons (Fsp3) is 0.0556. The van der Waals surface area contributed by atoms with Crippen LogP contribution in [0.25, 0.3) is 242 Å². The number of fused-ring (bicyclic) bond motifs is 34. The van der Waals surface area contributed by atoms with E-state index in [4.69, 9.17) is 0 Å². The van der Waals surface area contributed by atoms with Crippen LogP contribution >= 0.6 is 0 Å². The molecule has 0 radical (unpaired) electrons. The minimum absolute atomic E-state index is 0.979. The molecule has 0 unspecified atom stereocenters. The summed E-state index contributed by atoms with van der Waals surface area (Å²) in [7, 11) is 0. The first-order valence-corrected chi connectivity index (χ1v) is 52.5. The van der Waals surface area contributed by atoms with Crippen LogP contribution in [-0.4, -0.2) is 18.3 Å². The predicted molar refractivity (Wildman–Crippen MR) is 619 cm³/mol. The molecule has 0 N–H and O–H groups in total. The van der Waals surface area contributed by atoms with Crippen molar-refractivity contribution in [3.05, 3.63) is 550 Å². The highest BCUT2D eigenvalue weighted by atomic mass is 15.0. The lowest BCUT2D eigenvalue weighted by atomic mass is 9.83. The van der Waals surface area contributed by atoms with Crippen LogP contribution in [0.3, 0.4) is 0 Å². The van der Waals surface area contributed by atoms with Gasteiger partial charge in [0.15, 0.2) is 0 Å². The molecule has 0 spiro atoms. The highest BCUT2D eigenvalue weighted by Crippen LogP contribution is 2.55. The number of hydrogen-bond acceptors (Lipinski definition) is 0. The third-order valence-corrected chi connectivity index (χ3v) is 34.4. The van der Waals surface area contributed by atoms with Crippen molar-refractivity contribution >= 4 is 130 Å². The lowest BCUT2D eigenvalue weighted by Crippen LogP contribution is -2.03. The predicted octanol–water partition coefficient (Wildman–Crippen LogP) is 36.3. The molecule has 8 aliphatic rings. The Morgan fingerprint density at radius 2 is 0.405 bits per heavy atom. The molecule has 148 heavy (non-hydrogen) atoms. The molecule has 8 aliphatic carbocycles. The Kier molecular flexibility index (Phi) is 17.5.